The van der Waals surface area contributed by atoms with Gasteiger partial charge in [0.15, 0.2) is 0 Å². The molecule has 0 saturated carbocycles. The van der Waals surface area contributed by atoms with E-state index in [9.17, 15) is 13.2 Å². The number of carboxylic acids is 1. The number of aromatic carboxylic acids is 1. The molecule has 1 aromatic heterocycles. The number of rotatable bonds is 5. The zero-order valence-electron chi connectivity index (χ0n) is 12.9. The summed E-state index contributed by atoms with van der Waals surface area (Å²) >= 11 is 12.0. The fourth-order valence-electron chi connectivity index (χ4n) is 2.20. The number of halogens is 2. The SMILES string of the molecule is O=C(O)c1ccc(-c2ccc(NS(=O)(=O)c3ccc(Cl)cc3)cc2Cl)o1. The minimum atomic E-state index is -3.80. The molecular formula is C17H11Cl2NO5S. The average Bonchev–Trinajstić information content (AvgIpc) is 3.05. The molecule has 0 aliphatic heterocycles. The fraction of sp³-hybridized carbons (Fsp3) is 0. The highest BCUT2D eigenvalue weighted by molar-refractivity contribution is 7.92. The first kappa shape index (κ1) is 18.3. The largest absolute Gasteiger partial charge is 0.475 e. The molecule has 0 fully saturated rings. The lowest BCUT2D eigenvalue weighted by atomic mass is 10.1. The van der Waals surface area contributed by atoms with Gasteiger partial charge in [-0.2, -0.15) is 0 Å². The normalized spacial score (nSPS) is 11.3. The zero-order valence-corrected chi connectivity index (χ0v) is 15.3. The molecule has 3 aromatic rings. The van der Waals surface area contributed by atoms with E-state index in [1.807, 2.05) is 0 Å². The Hall–Kier alpha value is -2.48. The summed E-state index contributed by atoms with van der Waals surface area (Å²) in [5, 5.41) is 9.53. The highest BCUT2D eigenvalue weighted by Gasteiger charge is 2.16. The Labute approximate surface area is 159 Å². The number of carbonyl (C=O) groups is 1. The number of benzene rings is 2. The van der Waals surface area contributed by atoms with Crippen LogP contribution < -0.4 is 4.72 Å². The Balaban J connectivity index is 1.87. The van der Waals surface area contributed by atoms with Crippen molar-refractivity contribution in [2.24, 2.45) is 0 Å². The van der Waals surface area contributed by atoms with Gasteiger partial charge in [0, 0.05) is 10.6 Å². The first-order valence-corrected chi connectivity index (χ1v) is 9.41. The van der Waals surface area contributed by atoms with E-state index in [1.165, 1.54) is 54.6 Å². The van der Waals surface area contributed by atoms with E-state index in [4.69, 9.17) is 32.7 Å². The second-order valence-electron chi connectivity index (χ2n) is 5.22. The van der Waals surface area contributed by atoms with Crippen LogP contribution >= 0.6 is 23.2 Å². The van der Waals surface area contributed by atoms with Crippen LogP contribution in [0.3, 0.4) is 0 Å². The molecule has 0 amide bonds. The van der Waals surface area contributed by atoms with Crippen molar-refractivity contribution in [2.45, 2.75) is 4.90 Å². The van der Waals surface area contributed by atoms with Crippen LogP contribution in [-0.4, -0.2) is 19.5 Å². The van der Waals surface area contributed by atoms with Crippen molar-refractivity contribution in [2.75, 3.05) is 4.72 Å². The quantitative estimate of drug-likeness (QED) is 0.630. The Morgan fingerprint density at radius 1 is 1.00 bits per heavy atom. The van der Waals surface area contributed by atoms with E-state index < -0.39 is 16.0 Å². The Morgan fingerprint density at radius 2 is 1.69 bits per heavy atom. The number of anilines is 1. The third-order valence-corrected chi connectivity index (χ3v) is 5.39. The molecule has 6 nitrogen and oxygen atoms in total. The molecule has 0 saturated heterocycles. The maximum atomic E-state index is 12.4. The summed E-state index contributed by atoms with van der Waals surface area (Å²) in [6.07, 6.45) is 0. The molecule has 26 heavy (non-hydrogen) atoms. The molecule has 134 valence electrons. The lowest BCUT2D eigenvalue weighted by molar-refractivity contribution is 0.0663. The smallest absolute Gasteiger partial charge is 0.371 e. The van der Waals surface area contributed by atoms with Gasteiger partial charge in [-0.1, -0.05) is 23.2 Å². The third kappa shape index (κ3) is 3.85. The van der Waals surface area contributed by atoms with E-state index >= 15 is 0 Å². The summed E-state index contributed by atoms with van der Waals surface area (Å²) in [4.78, 5) is 10.9. The van der Waals surface area contributed by atoms with Gasteiger partial charge in [0.1, 0.15) is 5.76 Å². The van der Waals surface area contributed by atoms with Crippen LogP contribution in [0.2, 0.25) is 10.0 Å². The summed E-state index contributed by atoms with van der Waals surface area (Å²) in [5.41, 5.74) is 0.687. The van der Waals surface area contributed by atoms with Crippen LogP contribution in [0.5, 0.6) is 0 Å². The minimum absolute atomic E-state index is 0.0548. The Morgan fingerprint density at radius 3 is 2.27 bits per heavy atom. The molecule has 0 bridgehead atoms. The number of furan rings is 1. The van der Waals surface area contributed by atoms with Crippen molar-refractivity contribution in [3.05, 3.63) is 70.4 Å². The van der Waals surface area contributed by atoms with E-state index in [0.29, 0.717) is 10.6 Å². The van der Waals surface area contributed by atoms with Gasteiger partial charge in [0.25, 0.3) is 10.0 Å². The third-order valence-electron chi connectivity index (χ3n) is 3.43. The second kappa shape index (κ2) is 7.03. The number of nitrogens with one attached hydrogen (secondary N) is 1. The molecule has 0 atom stereocenters. The molecule has 2 aromatic carbocycles. The van der Waals surface area contributed by atoms with Gasteiger partial charge >= 0.3 is 5.97 Å². The lowest BCUT2D eigenvalue weighted by Gasteiger charge is -2.10. The maximum Gasteiger partial charge on any atom is 0.371 e. The van der Waals surface area contributed by atoms with Gasteiger partial charge in [-0.15, -0.1) is 0 Å². The van der Waals surface area contributed by atoms with Crippen molar-refractivity contribution >= 4 is 44.9 Å². The first-order chi connectivity index (χ1) is 12.3. The van der Waals surface area contributed by atoms with Crippen LogP contribution in [0, 0.1) is 0 Å². The van der Waals surface area contributed by atoms with Crippen molar-refractivity contribution in [1.82, 2.24) is 0 Å². The van der Waals surface area contributed by atoms with E-state index in [0.717, 1.165) is 0 Å². The van der Waals surface area contributed by atoms with Crippen LogP contribution in [-0.2, 0) is 10.0 Å². The molecule has 3 rings (SSSR count). The van der Waals surface area contributed by atoms with Gasteiger partial charge in [-0.3, -0.25) is 4.72 Å². The fourth-order valence-corrected chi connectivity index (χ4v) is 3.65. The van der Waals surface area contributed by atoms with Crippen LogP contribution in [0.15, 0.2) is 63.9 Å². The van der Waals surface area contributed by atoms with Crippen molar-refractivity contribution in [3.8, 4) is 11.3 Å². The minimum Gasteiger partial charge on any atom is -0.475 e. The Kier molecular flexibility index (Phi) is 4.95. The highest BCUT2D eigenvalue weighted by Crippen LogP contribution is 2.32. The highest BCUT2D eigenvalue weighted by atomic mass is 35.5. The lowest BCUT2D eigenvalue weighted by Crippen LogP contribution is -2.12. The standard InChI is InChI=1S/C17H11Cl2NO5S/c18-10-1-4-12(5-2-10)26(23,24)20-11-3-6-13(14(19)9-11)15-7-8-16(25-15)17(21)22/h1-9,20H,(H,21,22). The second-order valence-corrected chi connectivity index (χ2v) is 7.75. The summed E-state index contributed by atoms with van der Waals surface area (Å²) in [7, 11) is -3.80. The van der Waals surface area contributed by atoms with Gasteiger partial charge in [-0.25, -0.2) is 13.2 Å². The number of hydrogen-bond acceptors (Lipinski definition) is 4. The molecule has 2 N–H and O–H groups in total. The van der Waals surface area contributed by atoms with E-state index in [-0.39, 0.29) is 27.1 Å². The zero-order chi connectivity index (χ0) is 18.9. The molecule has 0 unspecified atom stereocenters. The molecule has 0 spiro atoms. The number of hydrogen-bond donors (Lipinski definition) is 2. The van der Waals surface area contributed by atoms with Crippen LogP contribution in [0.25, 0.3) is 11.3 Å². The number of sulfonamides is 1. The van der Waals surface area contributed by atoms with Crippen LogP contribution in [0.1, 0.15) is 10.6 Å². The van der Waals surface area contributed by atoms with Crippen LogP contribution in [0.4, 0.5) is 5.69 Å². The van der Waals surface area contributed by atoms with Crippen molar-refractivity contribution < 1.29 is 22.7 Å². The summed E-state index contributed by atoms with van der Waals surface area (Å²) in [6.45, 7) is 0. The van der Waals surface area contributed by atoms with E-state index in [2.05, 4.69) is 4.72 Å². The van der Waals surface area contributed by atoms with Gasteiger partial charge in [0.2, 0.25) is 5.76 Å². The summed E-state index contributed by atoms with van der Waals surface area (Å²) in [5.74, 6) is -1.15. The van der Waals surface area contributed by atoms with Gasteiger partial charge in [-0.05, 0) is 54.6 Å². The average molecular weight is 412 g/mol. The topological polar surface area (TPSA) is 96.6 Å². The summed E-state index contributed by atoms with van der Waals surface area (Å²) in [6, 6.07) is 12.9. The van der Waals surface area contributed by atoms with Gasteiger partial charge < -0.3 is 9.52 Å². The van der Waals surface area contributed by atoms with Gasteiger partial charge in [0.05, 0.1) is 15.6 Å². The maximum absolute atomic E-state index is 12.4. The molecule has 0 aliphatic rings. The van der Waals surface area contributed by atoms with Crippen molar-refractivity contribution in [3.63, 3.8) is 0 Å². The predicted octanol–water partition coefficient (Wildman–Crippen LogP) is 4.75. The monoisotopic (exact) mass is 411 g/mol. The molecule has 1 heterocycles. The predicted molar refractivity (Wildman–Crippen MR) is 98.4 cm³/mol. The molecule has 9 heteroatoms. The summed E-state index contributed by atoms with van der Waals surface area (Å²) < 4.78 is 32.4. The molecule has 0 aliphatic carbocycles. The molecular weight excluding hydrogens is 401 g/mol. The van der Waals surface area contributed by atoms with E-state index in [1.54, 1.807) is 0 Å². The Bertz CT molecular complexity index is 1070. The van der Waals surface area contributed by atoms with Crippen molar-refractivity contribution in [1.29, 1.82) is 0 Å². The number of carboxylic acid groups (broad SMARTS) is 1. The molecule has 0 radical (unpaired) electrons. The first-order valence-electron chi connectivity index (χ1n) is 7.18.